The molecule has 0 bridgehead atoms. The first-order chi connectivity index (χ1) is 16.2. The molecule has 9 heteroatoms. The molecular weight excluding hydrogens is 432 g/mol. The van der Waals surface area contributed by atoms with Crippen LogP contribution in [0.25, 0.3) is 0 Å². The number of hydrogen-bond acceptors (Lipinski definition) is 5. The van der Waals surface area contributed by atoms with E-state index in [2.05, 4.69) is 15.5 Å². The molecule has 1 N–H and O–H groups in total. The van der Waals surface area contributed by atoms with Gasteiger partial charge in [0.1, 0.15) is 11.4 Å². The lowest BCUT2D eigenvalue weighted by atomic mass is 10.1. The highest BCUT2D eigenvalue weighted by Gasteiger charge is 2.22. The summed E-state index contributed by atoms with van der Waals surface area (Å²) in [6.45, 7) is 8.13. The third-order valence-electron chi connectivity index (χ3n) is 5.87. The number of carbonyl (C=O) groups is 1. The Morgan fingerprint density at radius 1 is 0.853 bits per heavy atom. The van der Waals surface area contributed by atoms with Gasteiger partial charge in [-0.1, -0.05) is 42.5 Å². The van der Waals surface area contributed by atoms with Gasteiger partial charge in [0.05, 0.1) is 35.1 Å². The van der Waals surface area contributed by atoms with Crippen LogP contribution in [0.15, 0.2) is 54.6 Å². The summed E-state index contributed by atoms with van der Waals surface area (Å²) in [5.74, 6) is -0.223. The molecule has 0 saturated heterocycles. The highest BCUT2D eigenvalue weighted by Crippen LogP contribution is 2.23. The Morgan fingerprint density at radius 3 is 2.00 bits per heavy atom. The molecule has 0 fully saturated rings. The van der Waals surface area contributed by atoms with Crippen molar-refractivity contribution in [2.24, 2.45) is 0 Å². The molecule has 0 atom stereocenters. The molecule has 0 spiro atoms. The fourth-order valence-electron chi connectivity index (χ4n) is 4.01. The Hall–Kier alpha value is -4.27. The Balaban J connectivity index is 1.47. The van der Waals surface area contributed by atoms with Gasteiger partial charge in [-0.3, -0.25) is 24.3 Å². The zero-order chi connectivity index (χ0) is 24.4. The summed E-state index contributed by atoms with van der Waals surface area (Å²) in [6, 6.07) is 17.2. The number of amides is 1. The smallest absolute Gasteiger partial charge is 0.312 e. The van der Waals surface area contributed by atoms with E-state index in [1.165, 1.54) is 0 Å². The number of hydrogen-bond donors (Lipinski definition) is 1. The van der Waals surface area contributed by atoms with E-state index >= 15 is 0 Å². The van der Waals surface area contributed by atoms with Crippen LogP contribution in [-0.4, -0.2) is 30.4 Å². The van der Waals surface area contributed by atoms with Crippen LogP contribution in [0, 0.1) is 37.8 Å². The standard InChI is InChI=1S/C25H26N6O3/c1-16-23(18(3)29(27-16)14-20-8-6-5-7-9-20)26-25(32)22-12-10-21(11-13-22)15-30-19(4)24(31(33)34)17(2)28-30/h5-13H,14-15H2,1-4H3,(H,26,32). The molecule has 0 aliphatic heterocycles. The van der Waals surface area contributed by atoms with Gasteiger partial charge in [0, 0.05) is 5.56 Å². The Kier molecular flexibility index (Phi) is 6.27. The molecule has 2 heterocycles. The van der Waals surface area contributed by atoms with Crippen molar-refractivity contribution in [3.05, 3.63) is 104 Å². The average Bonchev–Trinajstić information content (AvgIpc) is 3.23. The zero-order valence-corrected chi connectivity index (χ0v) is 19.6. The summed E-state index contributed by atoms with van der Waals surface area (Å²) in [5, 5.41) is 23.1. The van der Waals surface area contributed by atoms with Gasteiger partial charge in [-0.05, 0) is 51.0 Å². The van der Waals surface area contributed by atoms with Gasteiger partial charge in [-0.15, -0.1) is 0 Å². The second-order valence-electron chi connectivity index (χ2n) is 8.27. The van der Waals surface area contributed by atoms with Crippen LogP contribution in [-0.2, 0) is 13.1 Å². The number of carbonyl (C=O) groups excluding carboxylic acids is 1. The third-order valence-corrected chi connectivity index (χ3v) is 5.87. The summed E-state index contributed by atoms with van der Waals surface area (Å²) in [4.78, 5) is 23.7. The van der Waals surface area contributed by atoms with E-state index in [1.807, 2.05) is 61.0 Å². The number of benzene rings is 2. The van der Waals surface area contributed by atoms with E-state index in [9.17, 15) is 14.9 Å². The second kappa shape index (κ2) is 9.30. The van der Waals surface area contributed by atoms with Crippen LogP contribution >= 0.6 is 0 Å². The number of aryl methyl sites for hydroxylation is 2. The minimum Gasteiger partial charge on any atom is -0.319 e. The molecule has 0 aliphatic carbocycles. The fourth-order valence-corrected chi connectivity index (χ4v) is 4.01. The number of nitro groups is 1. The maximum atomic E-state index is 12.9. The van der Waals surface area contributed by atoms with E-state index in [1.54, 1.807) is 30.7 Å². The second-order valence-corrected chi connectivity index (χ2v) is 8.27. The highest BCUT2D eigenvalue weighted by atomic mass is 16.6. The minimum atomic E-state index is -0.409. The van der Waals surface area contributed by atoms with Crippen LogP contribution < -0.4 is 5.32 Å². The SMILES string of the molecule is Cc1nn(Cc2ccccc2)c(C)c1NC(=O)c1ccc(Cn2nc(C)c([N+](=O)[O-])c2C)cc1. The van der Waals surface area contributed by atoms with Gasteiger partial charge in [-0.25, -0.2) is 0 Å². The van der Waals surface area contributed by atoms with Crippen molar-refractivity contribution >= 4 is 17.3 Å². The maximum Gasteiger partial charge on any atom is 0.312 e. The van der Waals surface area contributed by atoms with Crippen molar-refractivity contribution in [2.75, 3.05) is 5.32 Å². The van der Waals surface area contributed by atoms with Crippen LogP contribution in [0.2, 0.25) is 0 Å². The van der Waals surface area contributed by atoms with Gasteiger partial charge in [0.15, 0.2) is 0 Å². The quantitative estimate of drug-likeness (QED) is 0.322. The van der Waals surface area contributed by atoms with Gasteiger partial charge < -0.3 is 5.32 Å². The average molecular weight is 459 g/mol. The van der Waals surface area contributed by atoms with Crippen molar-refractivity contribution in [1.29, 1.82) is 0 Å². The number of rotatable bonds is 7. The predicted molar refractivity (Wildman–Crippen MR) is 129 cm³/mol. The highest BCUT2D eigenvalue weighted by molar-refractivity contribution is 6.04. The van der Waals surface area contributed by atoms with Gasteiger partial charge in [0.2, 0.25) is 0 Å². The van der Waals surface area contributed by atoms with Gasteiger partial charge in [-0.2, -0.15) is 10.2 Å². The van der Waals surface area contributed by atoms with E-state index < -0.39 is 4.92 Å². The van der Waals surface area contributed by atoms with Crippen molar-refractivity contribution in [3.63, 3.8) is 0 Å². The third kappa shape index (κ3) is 4.59. The lowest BCUT2D eigenvalue weighted by Gasteiger charge is -2.09. The van der Waals surface area contributed by atoms with Crippen LogP contribution in [0.5, 0.6) is 0 Å². The number of nitrogens with one attached hydrogen (secondary N) is 1. The molecule has 9 nitrogen and oxygen atoms in total. The van der Waals surface area contributed by atoms with Crippen molar-refractivity contribution < 1.29 is 9.72 Å². The Bertz CT molecular complexity index is 1350. The number of aromatic nitrogens is 4. The Labute approximate surface area is 197 Å². The summed E-state index contributed by atoms with van der Waals surface area (Å²) < 4.78 is 3.49. The molecule has 0 radical (unpaired) electrons. The molecule has 0 aliphatic rings. The molecule has 0 saturated carbocycles. The summed E-state index contributed by atoms with van der Waals surface area (Å²) >= 11 is 0. The van der Waals surface area contributed by atoms with Crippen LogP contribution in [0.1, 0.15) is 44.3 Å². The maximum absolute atomic E-state index is 12.9. The van der Waals surface area contributed by atoms with Crippen LogP contribution in [0.4, 0.5) is 11.4 Å². The van der Waals surface area contributed by atoms with E-state index in [4.69, 9.17) is 0 Å². The fraction of sp³-hybridized carbons (Fsp3) is 0.240. The summed E-state index contributed by atoms with van der Waals surface area (Å²) in [5.41, 5.74) is 5.81. The summed E-state index contributed by atoms with van der Waals surface area (Å²) in [6.07, 6.45) is 0. The van der Waals surface area contributed by atoms with E-state index in [0.29, 0.717) is 35.7 Å². The topological polar surface area (TPSA) is 108 Å². The largest absolute Gasteiger partial charge is 0.319 e. The van der Waals surface area contributed by atoms with Gasteiger partial charge >= 0.3 is 5.69 Å². The first-order valence-corrected chi connectivity index (χ1v) is 10.9. The first kappa shape index (κ1) is 22.9. The molecule has 2 aromatic carbocycles. The molecule has 34 heavy (non-hydrogen) atoms. The van der Waals surface area contributed by atoms with Crippen LogP contribution in [0.3, 0.4) is 0 Å². The van der Waals surface area contributed by atoms with Crippen molar-refractivity contribution in [2.45, 2.75) is 40.8 Å². The monoisotopic (exact) mass is 458 g/mol. The summed E-state index contributed by atoms with van der Waals surface area (Å²) in [7, 11) is 0. The molecule has 174 valence electrons. The predicted octanol–water partition coefficient (Wildman–Crippen LogP) is 4.57. The molecule has 4 rings (SSSR count). The van der Waals surface area contributed by atoms with E-state index in [-0.39, 0.29) is 11.6 Å². The normalized spacial score (nSPS) is 10.9. The molecule has 0 unspecified atom stereocenters. The Morgan fingerprint density at radius 2 is 1.41 bits per heavy atom. The number of nitrogens with zero attached hydrogens (tertiary/aromatic N) is 5. The number of anilines is 1. The molecule has 4 aromatic rings. The van der Waals surface area contributed by atoms with Crippen molar-refractivity contribution in [1.82, 2.24) is 19.6 Å². The van der Waals surface area contributed by atoms with Gasteiger partial charge in [0.25, 0.3) is 5.91 Å². The molecule has 1 amide bonds. The lowest BCUT2D eigenvalue weighted by Crippen LogP contribution is -2.13. The van der Waals surface area contributed by atoms with Crippen molar-refractivity contribution in [3.8, 4) is 0 Å². The van der Waals surface area contributed by atoms with E-state index in [0.717, 1.165) is 22.5 Å². The molecule has 2 aromatic heterocycles. The lowest BCUT2D eigenvalue weighted by molar-refractivity contribution is -0.386. The minimum absolute atomic E-state index is 0.0366. The first-order valence-electron chi connectivity index (χ1n) is 10.9. The zero-order valence-electron chi connectivity index (χ0n) is 19.6. The molecular formula is C25H26N6O3.